The highest BCUT2D eigenvalue weighted by atomic mass is 16.6. The van der Waals surface area contributed by atoms with Crippen LogP contribution < -0.4 is 0 Å². The molecule has 2 rings (SSSR count). The van der Waals surface area contributed by atoms with Gasteiger partial charge in [0, 0.05) is 24.7 Å². The van der Waals surface area contributed by atoms with Crippen LogP contribution >= 0.6 is 0 Å². The number of nitrogens with zero attached hydrogens (tertiary/aromatic N) is 2. The van der Waals surface area contributed by atoms with Gasteiger partial charge in [-0.05, 0) is 25.3 Å². The lowest BCUT2D eigenvalue weighted by Gasteiger charge is -2.20. The van der Waals surface area contributed by atoms with E-state index in [1.54, 1.807) is 19.1 Å². The maximum atomic E-state index is 11.6. The van der Waals surface area contributed by atoms with Crippen molar-refractivity contribution in [2.75, 3.05) is 13.2 Å². The molecule has 20 heavy (non-hydrogen) atoms. The van der Waals surface area contributed by atoms with Gasteiger partial charge in [0.15, 0.2) is 0 Å². The Labute approximate surface area is 117 Å². The van der Waals surface area contributed by atoms with Crippen molar-refractivity contribution < 1.29 is 14.5 Å². The van der Waals surface area contributed by atoms with Crippen molar-refractivity contribution in [3.63, 3.8) is 0 Å². The predicted molar refractivity (Wildman–Crippen MR) is 73.2 cm³/mol. The van der Waals surface area contributed by atoms with Gasteiger partial charge in [-0.2, -0.15) is 0 Å². The first-order chi connectivity index (χ1) is 9.60. The second-order valence-corrected chi connectivity index (χ2v) is 4.86. The summed E-state index contributed by atoms with van der Waals surface area (Å²) in [7, 11) is 0. The molecule has 1 saturated carbocycles. The molecule has 0 heterocycles. The highest BCUT2D eigenvalue weighted by molar-refractivity contribution is 5.71. The van der Waals surface area contributed by atoms with Gasteiger partial charge in [0.1, 0.15) is 0 Å². The summed E-state index contributed by atoms with van der Waals surface area (Å²) in [5.41, 5.74) is 1.05. The van der Waals surface area contributed by atoms with E-state index in [0.29, 0.717) is 19.2 Å². The lowest BCUT2D eigenvalue weighted by molar-refractivity contribution is -0.384. The number of hydrogen-bond donors (Lipinski definition) is 0. The molecule has 1 aliphatic carbocycles. The SMILES string of the molecule is CCOC(=O)CN(Cc1ccc([N+](=O)[O-])cc1)C1CC1. The monoisotopic (exact) mass is 278 g/mol. The molecule has 0 aliphatic heterocycles. The molecule has 0 N–H and O–H groups in total. The standard InChI is InChI=1S/C14H18N2O4/c1-2-20-14(17)10-15(12-7-8-12)9-11-3-5-13(6-4-11)16(18)19/h3-6,12H,2,7-10H2,1H3. The van der Waals surface area contributed by atoms with Crippen LogP contribution in [0.4, 0.5) is 5.69 Å². The Morgan fingerprint density at radius 3 is 2.55 bits per heavy atom. The van der Waals surface area contributed by atoms with E-state index in [9.17, 15) is 14.9 Å². The summed E-state index contributed by atoms with van der Waals surface area (Å²) in [6.45, 7) is 3.06. The first-order valence-corrected chi connectivity index (χ1v) is 6.73. The highest BCUT2D eigenvalue weighted by Gasteiger charge is 2.30. The van der Waals surface area contributed by atoms with E-state index >= 15 is 0 Å². The minimum absolute atomic E-state index is 0.0807. The molecule has 6 nitrogen and oxygen atoms in total. The Balaban J connectivity index is 1.97. The molecule has 108 valence electrons. The summed E-state index contributed by atoms with van der Waals surface area (Å²) in [6, 6.07) is 6.88. The molecular weight excluding hydrogens is 260 g/mol. The van der Waals surface area contributed by atoms with Crippen molar-refractivity contribution >= 4 is 11.7 Å². The molecule has 1 aromatic rings. The van der Waals surface area contributed by atoms with Gasteiger partial charge in [-0.1, -0.05) is 12.1 Å². The molecule has 0 spiro atoms. The van der Waals surface area contributed by atoms with E-state index < -0.39 is 4.92 Å². The van der Waals surface area contributed by atoms with Crippen LogP contribution in [0.25, 0.3) is 0 Å². The number of non-ortho nitro benzene ring substituents is 1. The number of rotatable bonds is 7. The van der Waals surface area contributed by atoms with Gasteiger partial charge in [0.25, 0.3) is 5.69 Å². The fourth-order valence-electron chi connectivity index (χ4n) is 2.08. The van der Waals surface area contributed by atoms with Gasteiger partial charge in [0.2, 0.25) is 0 Å². The third-order valence-electron chi connectivity index (χ3n) is 3.23. The summed E-state index contributed by atoms with van der Waals surface area (Å²) < 4.78 is 4.97. The zero-order valence-corrected chi connectivity index (χ0v) is 11.4. The number of hydrogen-bond acceptors (Lipinski definition) is 5. The maximum absolute atomic E-state index is 11.6. The Kier molecular flexibility index (Phi) is 4.68. The number of ether oxygens (including phenoxy) is 1. The van der Waals surface area contributed by atoms with Crippen LogP contribution in [0, 0.1) is 10.1 Å². The summed E-state index contributed by atoms with van der Waals surface area (Å²) in [6.07, 6.45) is 2.18. The molecule has 0 unspecified atom stereocenters. The maximum Gasteiger partial charge on any atom is 0.320 e. The smallest absolute Gasteiger partial charge is 0.320 e. The largest absolute Gasteiger partial charge is 0.465 e. The summed E-state index contributed by atoms with van der Waals surface area (Å²) >= 11 is 0. The molecular formula is C14H18N2O4. The van der Waals surface area contributed by atoms with Crippen molar-refractivity contribution in [1.82, 2.24) is 4.90 Å². The molecule has 0 aromatic heterocycles. The number of esters is 1. The molecule has 1 aliphatic rings. The molecule has 0 radical (unpaired) electrons. The molecule has 0 amide bonds. The highest BCUT2D eigenvalue weighted by Crippen LogP contribution is 2.28. The van der Waals surface area contributed by atoms with Crippen molar-refractivity contribution in [1.29, 1.82) is 0 Å². The van der Waals surface area contributed by atoms with E-state index in [-0.39, 0.29) is 18.2 Å². The quantitative estimate of drug-likeness (QED) is 0.434. The third kappa shape index (κ3) is 4.03. The lowest BCUT2D eigenvalue weighted by Crippen LogP contribution is -2.32. The number of carbonyl (C=O) groups is 1. The fourth-order valence-corrected chi connectivity index (χ4v) is 2.08. The average molecular weight is 278 g/mol. The van der Waals surface area contributed by atoms with Gasteiger partial charge >= 0.3 is 5.97 Å². The van der Waals surface area contributed by atoms with Crippen LogP contribution in [-0.2, 0) is 16.1 Å². The normalized spacial score (nSPS) is 14.3. The van der Waals surface area contributed by atoms with E-state index in [1.807, 2.05) is 0 Å². The molecule has 0 bridgehead atoms. The van der Waals surface area contributed by atoms with Crippen molar-refractivity contribution in [3.05, 3.63) is 39.9 Å². The zero-order valence-electron chi connectivity index (χ0n) is 11.4. The van der Waals surface area contributed by atoms with Gasteiger partial charge in [-0.15, -0.1) is 0 Å². The summed E-state index contributed by atoms with van der Waals surface area (Å²) in [5, 5.41) is 10.6. The van der Waals surface area contributed by atoms with Crippen LogP contribution in [0.5, 0.6) is 0 Å². The predicted octanol–water partition coefficient (Wildman–Crippen LogP) is 2.12. The molecule has 1 aromatic carbocycles. The van der Waals surface area contributed by atoms with E-state index in [2.05, 4.69) is 4.90 Å². The topological polar surface area (TPSA) is 72.7 Å². The van der Waals surface area contributed by atoms with Crippen molar-refractivity contribution in [2.45, 2.75) is 32.4 Å². The summed E-state index contributed by atoms with van der Waals surface area (Å²) in [4.78, 5) is 23.8. The van der Waals surface area contributed by atoms with Gasteiger partial charge in [-0.25, -0.2) is 0 Å². The van der Waals surface area contributed by atoms with Gasteiger partial charge < -0.3 is 4.74 Å². The Hall–Kier alpha value is -1.95. The minimum atomic E-state index is -0.416. The van der Waals surface area contributed by atoms with Crippen LogP contribution in [-0.4, -0.2) is 35.0 Å². The second-order valence-electron chi connectivity index (χ2n) is 4.86. The van der Waals surface area contributed by atoms with E-state index in [4.69, 9.17) is 4.74 Å². The Morgan fingerprint density at radius 1 is 1.40 bits per heavy atom. The van der Waals surface area contributed by atoms with Crippen LogP contribution in [0.1, 0.15) is 25.3 Å². The van der Waals surface area contributed by atoms with E-state index in [0.717, 1.165) is 18.4 Å². The first kappa shape index (κ1) is 14.5. The first-order valence-electron chi connectivity index (χ1n) is 6.73. The average Bonchev–Trinajstić information content (AvgIpc) is 3.23. The Bertz CT molecular complexity index is 482. The van der Waals surface area contributed by atoms with Gasteiger partial charge in [0.05, 0.1) is 18.1 Å². The molecule has 0 atom stereocenters. The Morgan fingerprint density at radius 2 is 2.05 bits per heavy atom. The number of nitro groups is 1. The number of carbonyl (C=O) groups excluding carboxylic acids is 1. The van der Waals surface area contributed by atoms with Crippen molar-refractivity contribution in [3.8, 4) is 0 Å². The van der Waals surface area contributed by atoms with Crippen LogP contribution in [0.3, 0.4) is 0 Å². The molecule has 6 heteroatoms. The number of benzene rings is 1. The van der Waals surface area contributed by atoms with Crippen LogP contribution in [0.2, 0.25) is 0 Å². The second kappa shape index (κ2) is 6.47. The molecule has 0 saturated heterocycles. The number of nitro benzene ring substituents is 1. The van der Waals surface area contributed by atoms with Crippen molar-refractivity contribution in [2.24, 2.45) is 0 Å². The van der Waals surface area contributed by atoms with Crippen LogP contribution in [0.15, 0.2) is 24.3 Å². The molecule has 1 fully saturated rings. The lowest BCUT2D eigenvalue weighted by atomic mass is 10.2. The minimum Gasteiger partial charge on any atom is -0.465 e. The fraction of sp³-hybridized carbons (Fsp3) is 0.500. The summed E-state index contributed by atoms with van der Waals surface area (Å²) in [5.74, 6) is -0.221. The third-order valence-corrected chi connectivity index (χ3v) is 3.23. The van der Waals surface area contributed by atoms with E-state index in [1.165, 1.54) is 12.1 Å². The van der Waals surface area contributed by atoms with Gasteiger partial charge in [-0.3, -0.25) is 19.8 Å². The zero-order chi connectivity index (χ0) is 14.5.